The molecule has 5 rings (SSSR count). The lowest BCUT2D eigenvalue weighted by atomic mass is 9.95. The van der Waals surface area contributed by atoms with E-state index < -0.39 is 5.82 Å². The lowest BCUT2D eigenvalue weighted by Gasteiger charge is -2.39. The molecule has 4 heterocycles. The Morgan fingerprint density at radius 3 is 2.55 bits per heavy atom. The number of nitrogens with zero attached hydrogens (tertiary/aromatic N) is 4. The van der Waals surface area contributed by atoms with Crippen LogP contribution in [0.3, 0.4) is 0 Å². The molecule has 0 spiro atoms. The fraction of sp³-hybridized carbons (Fsp3) is 0.333. The molecule has 0 bridgehead atoms. The molecule has 7 nitrogen and oxygen atoms in total. The summed E-state index contributed by atoms with van der Waals surface area (Å²) in [5.74, 6) is 0.333. The Hall–Kier alpha value is -3.33. The van der Waals surface area contributed by atoms with Crippen LogP contribution in [0.1, 0.15) is 43.7 Å². The van der Waals surface area contributed by atoms with Gasteiger partial charge in [0.15, 0.2) is 5.82 Å². The van der Waals surface area contributed by atoms with Gasteiger partial charge in [0, 0.05) is 37.3 Å². The highest BCUT2D eigenvalue weighted by molar-refractivity contribution is 7.14. The van der Waals surface area contributed by atoms with Gasteiger partial charge in [-0.05, 0) is 55.2 Å². The number of hydrogen-bond acceptors (Lipinski definition) is 6. The molecule has 170 valence electrons. The molecule has 3 aromatic rings. The summed E-state index contributed by atoms with van der Waals surface area (Å²) in [6.45, 7) is 2.60. The highest BCUT2D eigenvalue weighted by atomic mass is 32.1. The van der Waals surface area contributed by atoms with Gasteiger partial charge in [-0.3, -0.25) is 9.59 Å². The summed E-state index contributed by atoms with van der Waals surface area (Å²) in [6.07, 6.45) is 3.25. The van der Waals surface area contributed by atoms with Crippen LogP contribution in [0.25, 0.3) is 0 Å². The number of benzene rings is 1. The number of likely N-dealkylation sites (tertiary alicyclic amines) is 1. The monoisotopic (exact) mass is 465 g/mol. The minimum Gasteiger partial charge on any atom is -0.351 e. The summed E-state index contributed by atoms with van der Waals surface area (Å²) < 4.78 is 14.0. The standard InChI is InChI=1S/C24H24FN5O2S/c25-19-5-2-1-4-18(19)24(32)29-12-9-16(10-13-29)20-7-8-21(33-20)23(31)27-17-14-30(15-17)22-6-3-11-26-28-22/h1-8,11,16-17H,9-10,12-15H2,(H,27,31). The second kappa shape index (κ2) is 9.27. The van der Waals surface area contributed by atoms with Crippen LogP contribution in [0.2, 0.25) is 0 Å². The van der Waals surface area contributed by atoms with E-state index in [2.05, 4.69) is 20.4 Å². The summed E-state index contributed by atoms with van der Waals surface area (Å²) in [5.41, 5.74) is 0.125. The van der Waals surface area contributed by atoms with E-state index in [1.165, 1.54) is 23.5 Å². The number of thiophene rings is 1. The van der Waals surface area contributed by atoms with Crippen molar-refractivity contribution in [3.63, 3.8) is 0 Å². The van der Waals surface area contributed by atoms with Crippen molar-refractivity contribution < 1.29 is 14.0 Å². The second-order valence-corrected chi connectivity index (χ2v) is 9.52. The minimum atomic E-state index is -0.482. The summed E-state index contributed by atoms with van der Waals surface area (Å²) in [5, 5.41) is 11.1. The van der Waals surface area contributed by atoms with Crippen molar-refractivity contribution in [3.8, 4) is 0 Å². The number of carbonyl (C=O) groups is 2. The zero-order chi connectivity index (χ0) is 22.8. The molecule has 9 heteroatoms. The summed E-state index contributed by atoms with van der Waals surface area (Å²) >= 11 is 1.52. The van der Waals surface area contributed by atoms with Crippen molar-refractivity contribution in [1.82, 2.24) is 20.4 Å². The molecule has 0 saturated carbocycles. The number of hydrogen-bond donors (Lipinski definition) is 1. The van der Waals surface area contributed by atoms with E-state index >= 15 is 0 Å². The Bertz CT molecular complexity index is 1140. The molecule has 0 radical (unpaired) electrons. The lowest BCUT2D eigenvalue weighted by molar-refractivity contribution is 0.0708. The average molecular weight is 466 g/mol. The third-order valence-corrected chi connectivity index (χ3v) is 7.48. The molecule has 2 saturated heterocycles. The number of amides is 2. The number of rotatable bonds is 5. The molecule has 2 aliphatic heterocycles. The average Bonchev–Trinajstić information content (AvgIpc) is 3.32. The Morgan fingerprint density at radius 2 is 1.82 bits per heavy atom. The van der Waals surface area contributed by atoms with Crippen molar-refractivity contribution in [3.05, 3.63) is 75.9 Å². The SMILES string of the molecule is O=C(NC1CN(c2cccnn2)C1)c1ccc(C2CCN(C(=O)c3ccccc3F)CC2)s1. The Labute approximate surface area is 195 Å². The lowest BCUT2D eigenvalue weighted by Crippen LogP contribution is -2.59. The van der Waals surface area contributed by atoms with Gasteiger partial charge in [0.25, 0.3) is 11.8 Å². The normalized spacial score (nSPS) is 17.0. The second-order valence-electron chi connectivity index (χ2n) is 8.41. The topological polar surface area (TPSA) is 78.4 Å². The molecule has 0 aliphatic carbocycles. The Balaban J connectivity index is 1.12. The Morgan fingerprint density at radius 1 is 1.03 bits per heavy atom. The number of anilines is 1. The highest BCUT2D eigenvalue weighted by Gasteiger charge is 2.31. The molecule has 33 heavy (non-hydrogen) atoms. The van der Waals surface area contributed by atoms with Crippen LogP contribution in [0, 0.1) is 5.82 Å². The van der Waals surface area contributed by atoms with Gasteiger partial charge in [-0.1, -0.05) is 12.1 Å². The van der Waals surface area contributed by atoms with Gasteiger partial charge in [0.2, 0.25) is 0 Å². The minimum absolute atomic E-state index is 0.0535. The van der Waals surface area contributed by atoms with Crippen LogP contribution in [-0.2, 0) is 0 Å². The van der Waals surface area contributed by atoms with Crippen molar-refractivity contribution in [2.75, 3.05) is 31.1 Å². The van der Waals surface area contributed by atoms with E-state index in [1.807, 2.05) is 24.3 Å². The van der Waals surface area contributed by atoms with Crippen LogP contribution < -0.4 is 10.2 Å². The van der Waals surface area contributed by atoms with E-state index in [0.717, 1.165) is 36.6 Å². The fourth-order valence-corrected chi connectivity index (χ4v) is 5.42. The smallest absolute Gasteiger partial charge is 0.261 e. The van der Waals surface area contributed by atoms with Crippen molar-refractivity contribution in [1.29, 1.82) is 0 Å². The van der Waals surface area contributed by atoms with Crippen LogP contribution in [0.15, 0.2) is 54.7 Å². The number of nitrogens with one attached hydrogen (secondary N) is 1. The fourth-order valence-electron chi connectivity index (χ4n) is 4.34. The third kappa shape index (κ3) is 4.59. The molecular formula is C24H24FN5O2S. The first-order chi connectivity index (χ1) is 16.1. The van der Waals surface area contributed by atoms with Crippen LogP contribution in [0.4, 0.5) is 10.2 Å². The van der Waals surface area contributed by atoms with Gasteiger partial charge in [0.05, 0.1) is 16.5 Å². The summed E-state index contributed by atoms with van der Waals surface area (Å²) in [7, 11) is 0. The zero-order valence-electron chi connectivity index (χ0n) is 18.0. The summed E-state index contributed by atoms with van der Waals surface area (Å²) in [4.78, 5) is 31.0. The van der Waals surface area contributed by atoms with E-state index in [4.69, 9.17) is 0 Å². The van der Waals surface area contributed by atoms with Crippen molar-refractivity contribution in [2.24, 2.45) is 0 Å². The molecule has 2 amide bonds. The van der Waals surface area contributed by atoms with Gasteiger partial charge >= 0.3 is 0 Å². The highest BCUT2D eigenvalue weighted by Crippen LogP contribution is 2.33. The quantitative estimate of drug-likeness (QED) is 0.626. The third-order valence-electron chi connectivity index (χ3n) is 6.24. The number of aromatic nitrogens is 2. The molecular weight excluding hydrogens is 441 g/mol. The first-order valence-corrected chi connectivity index (χ1v) is 11.9. The van der Waals surface area contributed by atoms with Crippen LogP contribution in [0.5, 0.6) is 0 Å². The Kier molecular flexibility index (Phi) is 6.04. The zero-order valence-corrected chi connectivity index (χ0v) is 18.8. The van der Waals surface area contributed by atoms with Crippen molar-refractivity contribution >= 4 is 29.0 Å². The first-order valence-electron chi connectivity index (χ1n) is 11.1. The number of halogens is 1. The van der Waals surface area contributed by atoms with Gasteiger partial charge in [-0.15, -0.1) is 16.4 Å². The first kappa shape index (κ1) is 21.5. The van der Waals surface area contributed by atoms with Gasteiger partial charge in [-0.2, -0.15) is 5.10 Å². The molecule has 1 N–H and O–H groups in total. The van der Waals surface area contributed by atoms with Gasteiger partial charge < -0.3 is 15.1 Å². The predicted molar refractivity (Wildman–Crippen MR) is 124 cm³/mol. The molecule has 1 aromatic carbocycles. The maximum Gasteiger partial charge on any atom is 0.261 e. The van der Waals surface area contributed by atoms with E-state index in [-0.39, 0.29) is 23.4 Å². The molecule has 0 atom stereocenters. The maximum atomic E-state index is 14.0. The van der Waals surface area contributed by atoms with E-state index in [9.17, 15) is 14.0 Å². The molecule has 2 aliphatic rings. The number of piperidine rings is 1. The van der Waals surface area contributed by atoms with E-state index in [0.29, 0.717) is 23.9 Å². The maximum absolute atomic E-state index is 14.0. The molecule has 2 aromatic heterocycles. The van der Waals surface area contributed by atoms with Crippen molar-refractivity contribution in [2.45, 2.75) is 24.8 Å². The van der Waals surface area contributed by atoms with E-state index in [1.54, 1.807) is 23.2 Å². The largest absolute Gasteiger partial charge is 0.351 e. The summed E-state index contributed by atoms with van der Waals surface area (Å²) in [6, 6.07) is 13.9. The molecule has 2 fully saturated rings. The van der Waals surface area contributed by atoms with Crippen LogP contribution >= 0.6 is 11.3 Å². The number of carbonyl (C=O) groups excluding carboxylic acids is 2. The molecule has 0 unspecified atom stereocenters. The van der Waals surface area contributed by atoms with Gasteiger partial charge in [0.1, 0.15) is 5.82 Å². The predicted octanol–water partition coefficient (Wildman–Crippen LogP) is 3.32. The van der Waals surface area contributed by atoms with Crippen LogP contribution in [-0.4, -0.2) is 59.1 Å². The van der Waals surface area contributed by atoms with Gasteiger partial charge in [-0.25, -0.2) is 4.39 Å².